The van der Waals surface area contributed by atoms with Crippen LogP contribution in [0.4, 0.5) is 5.69 Å². The standard InChI is InChI=1S/C16H24N2O2S/c1-11(2)8-15(19)18-16(21)17-13-6-5-7-14(9-13)20-10-12(3)4/h5-7,9,11-12H,8,10H2,1-4H3,(H2,17,18,19,21). The lowest BCUT2D eigenvalue weighted by Gasteiger charge is -2.13. The predicted octanol–water partition coefficient (Wildman–Crippen LogP) is 3.58. The average molecular weight is 308 g/mol. The normalized spacial score (nSPS) is 10.6. The van der Waals surface area contributed by atoms with Crippen LogP contribution in [-0.4, -0.2) is 17.6 Å². The summed E-state index contributed by atoms with van der Waals surface area (Å²) in [7, 11) is 0. The number of ether oxygens (including phenoxy) is 1. The molecule has 0 saturated heterocycles. The number of nitrogens with one attached hydrogen (secondary N) is 2. The van der Waals surface area contributed by atoms with E-state index in [4.69, 9.17) is 17.0 Å². The van der Waals surface area contributed by atoms with Crippen molar-refractivity contribution in [1.29, 1.82) is 0 Å². The van der Waals surface area contributed by atoms with Gasteiger partial charge in [-0.05, 0) is 36.2 Å². The van der Waals surface area contributed by atoms with E-state index in [1.165, 1.54) is 0 Å². The molecule has 0 atom stereocenters. The lowest BCUT2D eigenvalue weighted by Crippen LogP contribution is -2.34. The molecule has 0 aliphatic rings. The minimum Gasteiger partial charge on any atom is -0.493 e. The molecule has 2 N–H and O–H groups in total. The molecule has 0 unspecified atom stereocenters. The third kappa shape index (κ3) is 7.66. The van der Waals surface area contributed by atoms with Crippen LogP contribution >= 0.6 is 12.2 Å². The van der Waals surface area contributed by atoms with Crippen LogP contribution in [0.1, 0.15) is 34.1 Å². The van der Waals surface area contributed by atoms with E-state index < -0.39 is 0 Å². The van der Waals surface area contributed by atoms with Gasteiger partial charge in [0.1, 0.15) is 5.75 Å². The minimum atomic E-state index is -0.0743. The largest absolute Gasteiger partial charge is 0.493 e. The highest BCUT2D eigenvalue weighted by Gasteiger charge is 2.07. The van der Waals surface area contributed by atoms with E-state index in [0.29, 0.717) is 30.0 Å². The molecule has 5 heteroatoms. The van der Waals surface area contributed by atoms with Gasteiger partial charge in [0.15, 0.2) is 5.11 Å². The van der Waals surface area contributed by atoms with E-state index in [1.54, 1.807) is 0 Å². The summed E-state index contributed by atoms with van der Waals surface area (Å²) in [6.45, 7) is 8.85. The second kappa shape index (κ2) is 8.62. The monoisotopic (exact) mass is 308 g/mol. The minimum absolute atomic E-state index is 0.0743. The summed E-state index contributed by atoms with van der Waals surface area (Å²) in [5, 5.41) is 5.97. The molecule has 0 aliphatic carbocycles. The molecular weight excluding hydrogens is 284 g/mol. The van der Waals surface area contributed by atoms with Crippen molar-refractivity contribution in [1.82, 2.24) is 5.32 Å². The van der Waals surface area contributed by atoms with Gasteiger partial charge in [0.05, 0.1) is 6.61 Å². The van der Waals surface area contributed by atoms with E-state index in [-0.39, 0.29) is 5.91 Å². The number of hydrogen-bond donors (Lipinski definition) is 2. The van der Waals surface area contributed by atoms with Crippen molar-refractivity contribution < 1.29 is 9.53 Å². The Bertz CT molecular complexity index is 487. The number of anilines is 1. The van der Waals surface area contributed by atoms with Crippen molar-refractivity contribution in [2.75, 3.05) is 11.9 Å². The first-order valence-electron chi connectivity index (χ1n) is 7.20. The summed E-state index contributed by atoms with van der Waals surface area (Å²) in [6.07, 6.45) is 0.458. The van der Waals surface area contributed by atoms with Crippen molar-refractivity contribution in [2.45, 2.75) is 34.1 Å². The first-order chi connectivity index (χ1) is 9.86. The zero-order valence-electron chi connectivity index (χ0n) is 13.1. The van der Waals surface area contributed by atoms with Gasteiger partial charge in [-0.25, -0.2) is 0 Å². The molecule has 21 heavy (non-hydrogen) atoms. The average Bonchev–Trinajstić information content (AvgIpc) is 2.35. The summed E-state index contributed by atoms with van der Waals surface area (Å²) in [4.78, 5) is 11.6. The Kier molecular flexibility index (Phi) is 7.15. The summed E-state index contributed by atoms with van der Waals surface area (Å²) < 4.78 is 5.65. The molecule has 0 spiro atoms. The van der Waals surface area contributed by atoms with Gasteiger partial charge < -0.3 is 15.4 Å². The van der Waals surface area contributed by atoms with Crippen molar-refractivity contribution in [3.8, 4) is 5.75 Å². The fourth-order valence-electron chi connectivity index (χ4n) is 1.64. The van der Waals surface area contributed by atoms with E-state index in [0.717, 1.165) is 11.4 Å². The number of carbonyl (C=O) groups excluding carboxylic acids is 1. The number of thiocarbonyl (C=S) groups is 1. The summed E-state index contributed by atoms with van der Waals surface area (Å²) in [6, 6.07) is 7.52. The Labute approximate surface area is 132 Å². The van der Waals surface area contributed by atoms with Gasteiger partial charge in [0, 0.05) is 18.2 Å². The van der Waals surface area contributed by atoms with Gasteiger partial charge in [-0.2, -0.15) is 0 Å². The lowest BCUT2D eigenvalue weighted by atomic mass is 10.1. The van der Waals surface area contributed by atoms with Crippen LogP contribution in [0, 0.1) is 11.8 Å². The molecule has 1 rings (SSSR count). The molecule has 0 fully saturated rings. The second-order valence-electron chi connectivity index (χ2n) is 5.83. The maximum Gasteiger partial charge on any atom is 0.226 e. The number of benzene rings is 1. The van der Waals surface area contributed by atoms with Crippen LogP contribution in [0.15, 0.2) is 24.3 Å². The molecule has 0 bridgehead atoms. The zero-order valence-corrected chi connectivity index (χ0v) is 13.9. The zero-order chi connectivity index (χ0) is 15.8. The van der Waals surface area contributed by atoms with E-state index in [1.807, 2.05) is 38.1 Å². The molecule has 4 nitrogen and oxygen atoms in total. The highest BCUT2D eigenvalue weighted by molar-refractivity contribution is 7.80. The fraction of sp³-hybridized carbons (Fsp3) is 0.500. The molecule has 1 aromatic rings. The van der Waals surface area contributed by atoms with Crippen molar-refractivity contribution in [2.24, 2.45) is 11.8 Å². The van der Waals surface area contributed by atoms with Gasteiger partial charge in [0.25, 0.3) is 0 Å². The molecule has 0 aromatic heterocycles. The van der Waals surface area contributed by atoms with Crippen LogP contribution in [0.25, 0.3) is 0 Å². The topological polar surface area (TPSA) is 50.4 Å². The Morgan fingerprint density at radius 2 is 1.95 bits per heavy atom. The molecule has 0 aliphatic heterocycles. The smallest absolute Gasteiger partial charge is 0.226 e. The Balaban J connectivity index is 2.52. The summed E-state index contributed by atoms with van der Waals surface area (Å²) in [5.41, 5.74) is 0.797. The van der Waals surface area contributed by atoms with Crippen molar-refractivity contribution >= 4 is 28.9 Å². The third-order valence-corrected chi connectivity index (χ3v) is 2.73. The second-order valence-corrected chi connectivity index (χ2v) is 6.24. The number of rotatable bonds is 6. The maximum atomic E-state index is 11.6. The summed E-state index contributed by atoms with van der Waals surface area (Å²) in [5.74, 6) is 1.48. The Morgan fingerprint density at radius 3 is 2.57 bits per heavy atom. The lowest BCUT2D eigenvalue weighted by molar-refractivity contribution is -0.120. The highest BCUT2D eigenvalue weighted by atomic mass is 32.1. The molecule has 0 radical (unpaired) electrons. The highest BCUT2D eigenvalue weighted by Crippen LogP contribution is 2.18. The van der Waals surface area contributed by atoms with Gasteiger partial charge in [0.2, 0.25) is 5.91 Å². The molecular formula is C16H24N2O2S. The number of amides is 1. The predicted molar refractivity (Wildman–Crippen MR) is 90.6 cm³/mol. The van der Waals surface area contributed by atoms with Crippen LogP contribution in [-0.2, 0) is 4.79 Å². The van der Waals surface area contributed by atoms with Crippen molar-refractivity contribution in [3.63, 3.8) is 0 Å². The first kappa shape index (κ1) is 17.4. The van der Waals surface area contributed by atoms with E-state index in [2.05, 4.69) is 24.5 Å². The van der Waals surface area contributed by atoms with Gasteiger partial charge >= 0.3 is 0 Å². The van der Waals surface area contributed by atoms with Crippen LogP contribution in [0.3, 0.4) is 0 Å². The van der Waals surface area contributed by atoms with Gasteiger partial charge in [-0.15, -0.1) is 0 Å². The van der Waals surface area contributed by atoms with Gasteiger partial charge in [-0.1, -0.05) is 33.8 Å². The van der Waals surface area contributed by atoms with Crippen LogP contribution < -0.4 is 15.4 Å². The fourth-order valence-corrected chi connectivity index (χ4v) is 1.87. The summed E-state index contributed by atoms with van der Waals surface area (Å²) >= 11 is 5.13. The Hall–Kier alpha value is -1.62. The maximum absolute atomic E-state index is 11.6. The first-order valence-corrected chi connectivity index (χ1v) is 7.61. The molecule has 1 aromatic carbocycles. The number of carbonyl (C=O) groups is 1. The molecule has 1 amide bonds. The van der Waals surface area contributed by atoms with Crippen molar-refractivity contribution in [3.05, 3.63) is 24.3 Å². The van der Waals surface area contributed by atoms with Crippen LogP contribution in [0.5, 0.6) is 5.75 Å². The number of hydrogen-bond acceptors (Lipinski definition) is 3. The molecule has 0 heterocycles. The van der Waals surface area contributed by atoms with Gasteiger partial charge in [-0.3, -0.25) is 4.79 Å². The van der Waals surface area contributed by atoms with E-state index >= 15 is 0 Å². The van der Waals surface area contributed by atoms with E-state index in [9.17, 15) is 4.79 Å². The SMILES string of the molecule is CC(C)COc1cccc(NC(=S)NC(=O)CC(C)C)c1. The van der Waals surface area contributed by atoms with Crippen LogP contribution in [0.2, 0.25) is 0 Å². The molecule has 0 saturated carbocycles. The third-order valence-electron chi connectivity index (χ3n) is 2.52. The molecule has 116 valence electrons. The Morgan fingerprint density at radius 1 is 1.24 bits per heavy atom. The quantitative estimate of drug-likeness (QED) is 0.789.